The largest absolute Gasteiger partial charge is 0.376 e. The highest BCUT2D eigenvalue weighted by Gasteiger charge is 2.16. The van der Waals surface area contributed by atoms with Crippen LogP contribution in [0.5, 0.6) is 0 Å². The predicted octanol–water partition coefficient (Wildman–Crippen LogP) is 1.53. The van der Waals surface area contributed by atoms with Crippen LogP contribution in [0.15, 0.2) is 24.3 Å². The van der Waals surface area contributed by atoms with Crippen LogP contribution in [0.4, 0.5) is 5.69 Å². The first-order valence-corrected chi connectivity index (χ1v) is 8.07. The lowest BCUT2D eigenvalue weighted by atomic mass is 10.2. The average Bonchev–Trinajstić information content (AvgIpc) is 3.04. The van der Waals surface area contributed by atoms with Crippen molar-refractivity contribution in [3.05, 3.63) is 29.8 Å². The van der Waals surface area contributed by atoms with Crippen molar-refractivity contribution in [3.8, 4) is 0 Å². The van der Waals surface area contributed by atoms with E-state index in [4.69, 9.17) is 4.74 Å². The minimum atomic E-state index is -0.107. The molecule has 6 nitrogen and oxygen atoms in total. The van der Waals surface area contributed by atoms with E-state index < -0.39 is 0 Å². The average molecular weight is 319 g/mol. The third-order valence-electron chi connectivity index (χ3n) is 3.56. The molecule has 126 valence electrons. The van der Waals surface area contributed by atoms with Gasteiger partial charge in [-0.3, -0.25) is 9.59 Å². The summed E-state index contributed by atoms with van der Waals surface area (Å²) in [5, 5.41) is 8.72. The zero-order valence-corrected chi connectivity index (χ0v) is 13.7. The van der Waals surface area contributed by atoms with Gasteiger partial charge in [-0.05, 0) is 51.0 Å². The van der Waals surface area contributed by atoms with E-state index in [0.29, 0.717) is 12.1 Å². The summed E-state index contributed by atoms with van der Waals surface area (Å²) in [6.45, 7) is 5.38. The lowest BCUT2D eigenvalue weighted by molar-refractivity contribution is -0.119. The van der Waals surface area contributed by atoms with E-state index in [1.807, 2.05) is 13.8 Å². The van der Waals surface area contributed by atoms with Gasteiger partial charge >= 0.3 is 0 Å². The summed E-state index contributed by atoms with van der Waals surface area (Å²) in [6.07, 6.45) is 2.20. The zero-order valence-electron chi connectivity index (χ0n) is 13.7. The van der Waals surface area contributed by atoms with Crippen molar-refractivity contribution in [3.63, 3.8) is 0 Å². The van der Waals surface area contributed by atoms with Crippen molar-refractivity contribution >= 4 is 17.5 Å². The maximum Gasteiger partial charge on any atom is 0.251 e. The summed E-state index contributed by atoms with van der Waals surface area (Å²) in [4.78, 5) is 23.6. The van der Waals surface area contributed by atoms with Gasteiger partial charge in [-0.25, -0.2) is 0 Å². The molecule has 0 saturated carbocycles. The number of carbonyl (C=O) groups is 2. The lowest BCUT2D eigenvalue weighted by Crippen LogP contribution is -2.34. The van der Waals surface area contributed by atoms with Crippen LogP contribution in [-0.2, 0) is 9.53 Å². The Morgan fingerprint density at radius 3 is 2.61 bits per heavy atom. The molecule has 1 heterocycles. The summed E-state index contributed by atoms with van der Waals surface area (Å²) in [5.74, 6) is -0.164. The molecule has 0 aromatic heterocycles. The number of anilines is 1. The number of ether oxygens (including phenoxy) is 1. The van der Waals surface area contributed by atoms with Crippen molar-refractivity contribution in [2.75, 3.05) is 25.0 Å². The fourth-order valence-corrected chi connectivity index (χ4v) is 2.41. The second-order valence-electron chi connectivity index (χ2n) is 6.00. The summed E-state index contributed by atoms with van der Waals surface area (Å²) in [5.41, 5.74) is 1.40. The van der Waals surface area contributed by atoms with E-state index in [1.54, 1.807) is 24.3 Å². The summed E-state index contributed by atoms with van der Waals surface area (Å²) in [6, 6.07) is 7.20. The van der Waals surface area contributed by atoms with Gasteiger partial charge in [0.25, 0.3) is 5.91 Å². The zero-order chi connectivity index (χ0) is 16.7. The summed E-state index contributed by atoms with van der Waals surface area (Å²) < 4.78 is 5.48. The van der Waals surface area contributed by atoms with Crippen molar-refractivity contribution < 1.29 is 14.3 Å². The number of amides is 2. The van der Waals surface area contributed by atoms with Crippen LogP contribution in [-0.4, -0.2) is 43.7 Å². The van der Waals surface area contributed by atoms with Gasteiger partial charge in [0.1, 0.15) is 0 Å². The molecular weight excluding hydrogens is 294 g/mol. The Balaban J connectivity index is 1.76. The van der Waals surface area contributed by atoms with Crippen LogP contribution in [0.3, 0.4) is 0 Å². The van der Waals surface area contributed by atoms with Gasteiger partial charge < -0.3 is 20.7 Å². The number of rotatable bonds is 7. The Kier molecular flexibility index (Phi) is 6.40. The SMILES string of the molecule is CC(C)NC(=O)CNc1ccc(C(=O)NCC2CCCO2)cc1. The Bertz CT molecular complexity index is 522. The molecule has 0 aliphatic carbocycles. The Morgan fingerprint density at radius 1 is 1.26 bits per heavy atom. The smallest absolute Gasteiger partial charge is 0.251 e. The van der Waals surface area contributed by atoms with E-state index in [2.05, 4.69) is 16.0 Å². The fourth-order valence-electron chi connectivity index (χ4n) is 2.41. The number of nitrogens with one attached hydrogen (secondary N) is 3. The first kappa shape index (κ1) is 17.3. The van der Waals surface area contributed by atoms with Gasteiger partial charge in [0.05, 0.1) is 12.6 Å². The van der Waals surface area contributed by atoms with Crippen molar-refractivity contribution in [2.24, 2.45) is 0 Å². The molecule has 23 heavy (non-hydrogen) atoms. The molecule has 2 rings (SSSR count). The normalized spacial score (nSPS) is 17.1. The van der Waals surface area contributed by atoms with Crippen LogP contribution in [0, 0.1) is 0 Å². The Morgan fingerprint density at radius 2 is 2.00 bits per heavy atom. The van der Waals surface area contributed by atoms with Crippen molar-refractivity contribution in [2.45, 2.75) is 38.8 Å². The number of hydrogen-bond acceptors (Lipinski definition) is 4. The van der Waals surface area contributed by atoms with E-state index in [0.717, 1.165) is 25.1 Å². The first-order chi connectivity index (χ1) is 11.0. The van der Waals surface area contributed by atoms with Crippen LogP contribution in [0.25, 0.3) is 0 Å². The van der Waals surface area contributed by atoms with Gasteiger partial charge in [0.15, 0.2) is 0 Å². The van der Waals surface area contributed by atoms with Gasteiger partial charge in [-0.15, -0.1) is 0 Å². The molecule has 1 fully saturated rings. The van der Waals surface area contributed by atoms with Crippen LogP contribution in [0.2, 0.25) is 0 Å². The highest BCUT2D eigenvalue weighted by atomic mass is 16.5. The van der Waals surface area contributed by atoms with Crippen LogP contribution < -0.4 is 16.0 Å². The highest BCUT2D eigenvalue weighted by molar-refractivity contribution is 5.94. The van der Waals surface area contributed by atoms with E-state index in [-0.39, 0.29) is 30.5 Å². The molecule has 1 atom stereocenters. The molecule has 1 aromatic rings. The lowest BCUT2D eigenvalue weighted by Gasteiger charge is -2.12. The van der Waals surface area contributed by atoms with Crippen LogP contribution in [0.1, 0.15) is 37.0 Å². The molecule has 0 radical (unpaired) electrons. The molecule has 1 aliphatic rings. The molecule has 0 bridgehead atoms. The maximum atomic E-state index is 12.0. The van der Waals surface area contributed by atoms with Gasteiger partial charge in [0.2, 0.25) is 5.91 Å². The quantitative estimate of drug-likeness (QED) is 0.712. The second-order valence-corrected chi connectivity index (χ2v) is 6.00. The Labute approximate surface area is 137 Å². The van der Waals surface area contributed by atoms with Gasteiger partial charge in [-0.2, -0.15) is 0 Å². The summed E-state index contributed by atoms with van der Waals surface area (Å²) in [7, 11) is 0. The Hall–Kier alpha value is -2.08. The minimum absolute atomic E-state index is 0.0571. The number of benzene rings is 1. The fraction of sp³-hybridized carbons (Fsp3) is 0.529. The monoisotopic (exact) mass is 319 g/mol. The maximum absolute atomic E-state index is 12.0. The molecule has 1 aromatic carbocycles. The van der Waals surface area contributed by atoms with Gasteiger partial charge in [0, 0.05) is 30.4 Å². The molecule has 3 N–H and O–H groups in total. The molecule has 0 spiro atoms. The standard InChI is InChI=1S/C17H25N3O3/c1-12(2)20-16(21)11-18-14-7-5-13(6-8-14)17(22)19-10-15-4-3-9-23-15/h5-8,12,15,18H,3-4,9-11H2,1-2H3,(H,19,22)(H,20,21). The molecule has 1 aliphatic heterocycles. The molecular formula is C17H25N3O3. The third-order valence-corrected chi connectivity index (χ3v) is 3.56. The summed E-state index contributed by atoms with van der Waals surface area (Å²) >= 11 is 0. The molecule has 2 amide bonds. The topological polar surface area (TPSA) is 79.5 Å². The van der Waals surface area contributed by atoms with E-state index in [1.165, 1.54) is 0 Å². The molecule has 1 unspecified atom stereocenters. The number of hydrogen-bond donors (Lipinski definition) is 3. The van der Waals surface area contributed by atoms with E-state index >= 15 is 0 Å². The highest BCUT2D eigenvalue weighted by Crippen LogP contribution is 2.12. The van der Waals surface area contributed by atoms with Crippen LogP contribution >= 0.6 is 0 Å². The van der Waals surface area contributed by atoms with Gasteiger partial charge in [-0.1, -0.05) is 0 Å². The molecule has 6 heteroatoms. The molecule has 1 saturated heterocycles. The number of carbonyl (C=O) groups excluding carboxylic acids is 2. The third kappa shape index (κ3) is 5.90. The van der Waals surface area contributed by atoms with Crippen molar-refractivity contribution in [1.82, 2.24) is 10.6 Å². The minimum Gasteiger partial charge on any atom is -0.376 e. The van der Waals surface area contributed by atoms with E-state index in [9.17, 15) is 9.59 Å². The first-order valence-electron chi connectivity index (χ1n) is 8.07. The van der Waals surface area contributed by atoms with Crippen molar-refractivity contribution in [1.29, 1.82) is 0 Å². The second kappa shape index (κ2) is 8.53. The predicted molar refractivity (Wildman–Crippen MR) is 89.5 cm³/mol.